The minimum absolute atomic E-state index is 0.354. The second-order valence-corrected chi connectivity index (χ2v) is 4.17. The molecule has 0 saturated carbocycles. The molecule has 0 aliphatic rings. The van der Waals surface area contributed by atoms with Crippen molar-refractivity contribution < 1.29 is 14.3 Å². The first-order valence-electron chi connectivity index (χ1n) is 5.92. The van der Waals surface area contributed by atoms with Crippen molar-refractivity contribution in [1.82, 2.24) is 0 Å². The molecule has 2 aromatic rings. The molecule has 4 heteroatoms. The van der Waals surface area contributed by atoms with E-state index in [1.54, 1.807) is 0 Å². The first kappa shape index (κ1) is 13.2. The number of rotatable bonds is 4. The minimum Gasteiger partial charge on any atom is -0.387 e. The molecule has 1 amide bonds. The molecular formula is C15H14FNO2. The number of anilines is 1. The number of amides is 1. The van der Waals surface area contributed by atoms with Gasteiger partial charge in [0.1, 0.15) is 12.4 Å². The van der Waals surface area contributed by atoms with Crippen molar-refractivity contribution >= 4 is 11.6 Å². The molecule has 0 radical (unpaired) electrons. The molecule has 0 spiro atoms. The monoisotopic (exact) mass is 259 g/mol. The molecule has 0 fully saturated rings. The lowest BCUT2D eigenvalue weighted by Crippen LogP contribution is -2.16. The maximum atomic E-state index is 13.3. The van der Waals surface area contributed by atoms with Gasteiger partial charge in [-0.05, 0) is 35.7 Å². The van der Waals surface area contributed by atoms with Gasteiger partial charge >= 0.3 is 0 Å². The van der Waals surface area contributed by atoms with Gasteiger partial charge in [0.25, 0.3) is 0 Å². The molecule has 2 aromatic carbocycles. The minimum atomic E-state index is -0.595. The molecule has 0 unspecified atom stereocenters. The van der Waals surface area contributed by atoms with E-state index < -0.39 is 12.5 Å². The third-order valence-corrected chi connectivity index (χ3v) is 2.72. The molecule has 0 aliphatic carbocycles. The van der Waals surface area contributed by atoms with Crippen LogP contribution in [-0.4, -0.2) is 17.6 Å². The third kappa shape index (κ3) is 3.63. The molecule has 0 aliphatic heterocycles. The standard InChI is InChI=1S/C15H14FNO2/c16-13-6-7-14(17-15(19)10-18)12(9-13)8-11-4-2-1-3-5-11/h1-7,9,18H,8,10H2,(H,17,19). The first-order chi connectivity index (χ1) is 9.19. The molecule has 0 saturated heterocycles. The molecular weight excluding hydrogens is 245 g/mol. The molecule has 0 aromatic heterocycles. The second-order valence-electron chi connectivity index (χ2n) is 4.17. The first-order valence-corrected chi connectivity index (χ1v) is 5.92. The number of aliphatic hydroxyl groups excluding tert-OH is 1. The zero-order valence-electron chi connectivity index (χ0n) is 10.3. The Labute approximate surface area is 110 Å². The molecule has 2 rings (SSSR count). The Hall–Kier alpha value is -2.20. The molecule has 19 heavy (non-hydrogen) atoms. The van der Waals surface area contributed by atoms with Gasteiger partial charge in [-0.1, -0.05) is 30.3 Å². The maximum absolute atomic E-state index is 13.3. The van der Waals surface area contributed by atoms with Crippen molar-refractivity contribution in [3.05, 3.63) is 65.5 Å². The number of carbonyl (C=O) groups is 1. The highest BCUT2D eigenvalue weighted by Gasteiger charge is 2.08. The average molecular weight is 259 g/mol. The molecule has 0 heterocycles. The SMILES string of the molecule is O=C(CO)Nc1ccc(F)cc1Cc1ccccc1. The van der Waals surface area contributed by atoms with E-state index in [9.17, 15) is 9.18 Å². The van der Waals surface area contributed by atoms with E-state index in [1.165, 1.54) is 18.2 Å². The van der Waals surface area contributed by atoms with Gasteiger partial charge in [0.15, 0.2) is 0 Å². The van der Waals surface area contributed by atoms with Gasteiger partial charge < -0.3 is 10.4 Å². The highest BCUT2D eigenvalue weighted by atomic mass is 19.1. The van der Waals surface area contributed by atoms with Crippen LogP contribution in [-0.2, 0) is 11.2 Å². The summed E-state index contributed by atoms with van der Waals surface area (Å²) in [6.07, 6.45) is 0.514. The number of hydrogen-bond donors (Lipinski definition) is 2. The van der Waals surface area contributed by atoms with Crippen LogP contribution in [0.5, 0.6) is 0 Å². The van der Waals surface area contributed by atoms with E-state index in [0.29, 0.717) is 17.7 Å². The highest BCUT2D eigenvalue weighted by Crippen LogP contribution is 2.20. The van der Waals surface area contributed by atoms with Crippen LogP contribution in [0, 0.1) is 5.82 Å². The highest BCUT2D eigenvalue weighted by molar-refractivity contribution is 5.92. The number of nitrogens with one attached hydrogen (secondary N) is 1. The fourth-order valence-corrected chi connectivity index (χ4v) is 1.84. The van der Waals surface area contributed by atoms with E-state index in [2.05, 4.69) is 5.32 Å². The Bertz CT molecular complexity index is 570. The van der Waals surface area contributed by atoms with Crippen molar-refractivity contribution in [3.63, 3.8) is 0 Å². The summed E-state index contributed by atoms with van der Waals surface area (Å²) in [6, 6.07) is 13.7. The van der Waals surface area contributed by atoms with E-state index in [1.807, 2.05) is 30.3 Å². The summed E-state index contributed by atoms with van der Waals surface area (Å²) in [5.74, 6) is -0.867. The van der Waals surface area contributed by atoms with Gasteiger partial charge in [-0.15, -0.1) is 0 Å². The lowest BCUT2D eigenvalue weighted by atomic mass is 10.0. The molecule has 2 N–H and O–H groups in total. The summed E-state index contributed by atoms with van der Waals surface area (Å²) < 4.78 is 13.3. The number of carbonyl (C=O) groups excluding carboxylic acids is 1. The number of aliphatic hydroxyl groups is 1. The Balaban J connectivity index is 2.27. The van der Waals surface area contributed by atoms with E-state index in [-0.39, 0.29) is 5.82 Å². The van der Waals surface area contributed by atoms with Gasteiger partial charge in [-0.3, -0.25) is 4.79 Å². The second kappa shape index (κ2) is 6.11. The van der Waals surface area contributed by atoms with Crippen LogP contribution in [0.3, 0.4) is 0 Å². The van der Waals surface area contributed by atoms with Crippen LogP contribution in [0.15, 0.2) is 48.5 Å². The predicted octanol–water partition coefficient (Wildman–Crippen LogP) is 2.35. The Kier molecular flexibility index (Phi) is 4.26. The van der Waals surface area contributed by atoms with Crippen molar-refractivity contribution in [2.24, 2.45) is 0 Å². The number of hydrogen-bond acceptors (Lipinski definition) is 2. The van der Waals surface area contributed by atoms with E-state index in [0.717, 1.165) is 5.56 Å². The van der Waals surface area contributed by atoms with Crippen molar-refractivity contribution in [2.75, 3.05) is 11.9 Å². The summed E-state index contributed by atoms with van der Waals surface area (Å²) in [5.41, 5.74) is 2.21. The fraction of sp³-hybridized carbons (Fsp3) is 0.133. The average Bonchev–Trinajstić information content (AvgIpc) is 2.43. The van der Waals surface area contributed by atoms with Crippen LogP contribution in [0.4, 0.5) is 10.1 Å². The third-order valence-electron chi connectivity index (χ3n) is 2.72. The quantitative estimate of drug-likeness (QED) is 0.885. The molecule has 98 valence electrons. The smallest absolute Gasteiger partial charge is 0.250 e. The predicted molar refractivity (Wildman–Crippen MR) is 71.4 cm³/mol. The van der Waals surface area contributed by atoms with Gasteiger partial charge in [0, 0.05) is 5.69 Å². The van der Waals surface area contributed by atoms with Crippen LogP contribution in [0.2, 0.25) is 0 Å². The molecule has 0 bridgehead atoms. The Morgan fingerprint density at radius 1 is 1.16 bits per heavy atom. The van der Waals surface area contributed by atoms with E-state index >= 15 is 0 Å². The van der Waals surface area contributed by atoms with E-state index in [4.69, 9.17) is 5.11 Å². The zero-order valence-corrected chi connectivity index (χ0v) is 10.3. The normalized spacial score (nSPS) is 10.2. The largest absolute Gasteiger partial charge is 0.387 e. The zero-order chi connectivity index (χ0) is 13.7. The molecule has 3 nitrogen and oxygen atoms in total. The summed E-state index contributed by atoms with van der Waals surface area (Å²) in [4.78, 5) is 11.2. The lowest BCUT2D eigenvalue weighted by Gasteiger charge is -2.10. The Morgan fingerprint density at radius 3 is 2.58 bits per heavy atom. The summed E-state index contributed by atoms with van der Waals surface area (Å²) in [7, 11) is 0. The van der Waals surface area contributed by atoms with Crippen molar-refractivity contribution in [1.29, 1.82) is 0 Å². The van der Waals surface area contributed by atoms with Crippen LogP contribution in [0.25, 0.3) is 0 Å². The number of halogens is 1. The van der Waals surface area contributed by atoms with Gasteiger partial charge in [0.05, 0.1) is 0 Å². The topological polar surface area (TPSA) is 49.3 Å². The van der Waals surface area contributed by atoms with Crippen LogP contribution in [0.1, 0.15) is 11.1 Å². The summed E-state index contributed by atoms with van der Waals surface area (Å²) >= 11 is 0. The Morgan fingerprint density at radius 2 is 1.89 bits per heavy atom. The molecule has 0 atom stereocenters. The summed E-state index contributed by atoms with van der Waals surface area (Å²) in [6.45, 7) is -0.595. The van der Waals surface area contributed by atoms with Gasteiger partial charge in [-0.25, -0.2) is 4.39 Å². The number of benzene rings is 2. The maximum Gasteiger partial charge on any atom is 0.250 e. The van der Waals surface area contributed by atoms with Gasteiger partial charge in [-0.2, -0.15) is 0 Å². The fourth-order valence-electron chi connectivity index (χ4n) is 1.84. The summed E-state index contributed by atoms with van der Waals surface area (Å²) in [5, 5.41) is 11.3. The lowest BCUT2D eigenvalue weighted by molar-refractivity contribution is -0.118. The van der Waals surface area contributed by atoms with Crippen LogP contribution < -0.4 is 5.32 Å². The van der Waals surface area contributed by atoms with Gasteiger partial charge in [0.2, 0.25) is 5.91 Å². The van der Waals surface area contributed by atoms with Crippen LogP contribution >= 0.6 is 0 Å². The van der Waals surface area contributed by atoms with Crippen molar-refractivity contribution in [2.45, 2.75) is 6.42 Å². The van der Waals surface area contributed by atoms with Crippen molar-refractivity contribution in [3.8, 4) is 0 Å².